The molecule has 1 fully saturated rings. The molecule has 1 N–H and O–H groups in total. The predicted octanol–water partition coefficient (Wildman–Crippen LogP) is 0.981. The van der Waals surface area contributed by atoms with Crippen LogP contribution in [0.5, 0.6) is 0 Å². The molecule has 0 aliphatic heterocycles. The second kappa shape index (κ2) is 7.20. The second-order valence-corrected chi connectivity index (χ2v) is 6.38. The van der Waals surface area contributed by atoms with Crippen LogP contribution in [0.3, 0.4) is 0 Å². The third kappa shape index (κ3) is 3.43. The number of nitrogens with zero attached hydrogens (tertiary/aromatic N) is 1. The number of esters is 2. The molecule has 0 aromatic heterocycles. The molecule has 2 rings (SSSR count). The lowest BCUT2D eigenvalue weighted by Gasteiger charge is -2.43. The molecule has 0 bridgehead atoms. The van der Waals surface area contributed by atoms with Gasteiger partial charge in [0.25, 0.3) is 5.69 Å². The average Bonchev–Trinajstić information content (AvgIpc) is 2.59. The summed E-state index contributed by atoms with van der Waals surface area (Å²) >= 11 is 0. The van der Waals surface area contributed by atoms with Crippen molar-refractivity contribution < 1.29 is 33.9 Å². The summed E-state index contributed by atoms with van der Waals surface area (Å²) in [6.45, 7) is 1.32. The van der Waals surface area contributed by atoms with Gasteiger partial charge in [-0.1, -0.05) is 12.1 Å². The van der Waals surface area contributed by atoms with Gasteiger partial charge in [-0.25, -0.2) is 0 Å². The van der Waals surface area contributed by atoms with Crippen LogP contribution in [0, 0.1) is 22.0 Å². The van der Waals surface area contributed by atoms with Gasteiger partial charge >= 0.3 is 11.9 Å². The summed E-state index contributed by atoms with van der Waals surface area (Å²) in [7, 11) is 2.25. The molecular weight excluding hydrogens is 346 g/mol. The lowest BCUT2D eigenvalue weighted by atomic mass is 9.62. The molecular formula is C17H19NO8. The number of ketones is 1. The Hall–Kier alpha value is -2.81. The number of nitro groups is 1. The van der Waals surface area contributed by atoms with E-state index >= 15 is 0 Å². The molecule has 1 aromatic carbocycles. The Morgan fingerprint density at radius 1 is 1.19 bits per heavy atom. The highest BCUT2D eigenvalue weighted by Crippen LogP contribution is 2.46. The zero-order valence-electron chi connectivity index (χ0n) is 14.5. The Morgan fingerprint density at radius 3 is 2.19 bits per heavy atom. The second-order valence-electron chi connectivity index (χ2n) is 6.38. The average molecular weight is 365 g/mol. The van der Waals surface area contributed by atoms with Crippen LogP contribution < -0.4 is 0 Å². The van der Waals surface area contributed by atoms with Crippen LogP contribution in [0.4, 0.5) is 5.69 Å². The topological polar surface area (TPSA) is 133 Å². The minimum absolute atomic E-state index is 0.188. The number of carbonyl (C=O) groups excluding carboxylic acids is 3. The normalized spacial score (nSPS) is 28.3. The fourth-order valence-corrected chi connectivity index (χ4v) is 3.49. The van der Waals surface area contributed by atoms with E-state index in [9.17, 15) is 29.6 Å². The van der Waals surface area contributed by atoms with Crippen LogP contribution >= 0.6 is 0 Å². The van der Waals surface area contributed by atoms with Crippen molar-refractivity contribution in [2.24, 2.45) is 11.8 Å². The number of aliphatic hydroxyl groups is 1. The zero-order valence-corrected chi connectivity index (χ0v) is 14.5. The number of hydrogen-bond donors (Lipinski definition) is 1. The molecule has 1 aliphatic rings. The van der Waals surface area contributed by atoms with Crippen LogP contribution in [0.2, 0.25) is 0 Å². The number of benzene rings is 1. The van der Waals surface area contributed by atoms with Gasteiger partial charge in [0.2, 0.25) is 0 Å². The largest absolute Gasteiger partial charge is 0.469 e. The van der Waals surface area contributed by atoms with E-state index in [2.05, 4.69) is 0 Å². The molecule has 1 saturated carbocycles. The van der Waals surface area contributed by atoms with Crippen molar-refractivity contribution in [3.05, 3.63) is 39.9 Å². The Kier molecular flexibility index (Phi) is 5.41. The van der Waals surface area contributed by atoms with Crippen LogP contribution in [-0.4, -0.2) is 47.6 Å². The molecule has 0 heterocycles. The van der Waals surface area contributed by atoms with E-state index in [-0.39, 0.29) is 5.69 Å². The fraction of sp³-hybridized carbons (Fsp3) is 0.471. The van der Waals surface area contributed by atoms with E-state index in [4.69, 9.17) is 9.47 Å². The summed E-state index contributed by atoms with van der Waals surface area (Å²) in [4.78, 5) is 47.3. The highest BCUT2D eigenvalue weighted by atomic mass is 16.6. The van der Waals surface area contributed by atoms with Gasteiger partial charge in [-0.05, 0) is 12.5 Å². The number of rotatable bonds is 4. The highest BCUT2D eigenvalue weighted by molar-refractivity contribution is 6.02. The number of carbonyl (C=O) groups is 3. The molecule has 0 radical (unpaired) electrons. The summed E-state index contributed by atoms with van der Waals surface area (Å²) < 4.78 is 9.47. The van der Waals surface area contributed by atoms with Crippen molar-refractivity contribution in [2.75, 3.05) is 14.2 Å². The van der Waals surface area contributed by atoms with Crippen LogP contribution in [0.15, 0.2) is 24.3 Å². The maximum Gasteiger partial charge on any atom is 0.316 e. The fourth-order valence-electron chi connectivity index (χ4n) is 3.49. The summed E-state index contributed by atoms with van der Waals surface area (Å²) in [5.41, 5.74) is -1.62. The summed E-state index contributed by atoms with van der Waals surface area (Å²) in [6.07, 6.45) is -0.421. The van der Waals surface area contributed by atoms with Crippen molar-refractivity contribution >= 4 is 23.4 Å². The molecule has 0 saturated heterocycles. The number of methoxy groups -OCH3 is 2. The Morgan fingerprint density at radius 2 is 1.73 bits per heavy atom. The number of hydrogen-bond acceptors (Lipinski definition) is 8. The summed E-state index contributed by atoms with van der Waals surface area (Å²) in [5.74, 6) is -5.85. The highest BCUT2D eigenvalue weighted by Gasteiger charge is 2.56. The molecule has 26 heavy (non-hydrogen) atoms. The van der Waals surface area contributed by atoms with E-state index in [1.54, 1.807) is 0 Å². The molecule has 0 spiro atoms. The van der Waals surface area contributed by atoms with Crippen LogP contribution in [0.1, 0.15) is 24.8 Å². The molecule has 0 unspecified atom stereocenters. The van der Waals surface area contributed by atoms with Crippen molar-refractivity contribution in [1.29, 1.82) is 0 Å². The number of Topliss-reactive ketones (excluding diaryl/α,β-unsaturated/α-hetero) is 1. The van der Waals surface area contributed by atoms with Crippen LogP contribution in [0.25, 0.3) is 0 Å². The van der Waals surface area contributed by atoms with Gasteiger partial charge in [0.15, 0.2) is 5.78 Å². The van der Waals surface area contributed by atoms with Crippen molar-refractivity contribution in [1.82, 2.24) is 0 Å². The Bertz CT molecular complexity index is 740. The molecule has 1 aromatic rings. The number of nitro benzene ring substituents is 1. The minimum Gasteiger partial charge on any atom is -0.469 e. The Balaban J connectivity index is 2.62. The Labute approximate surface area is 149 Å². The standard InChI is InChI=1S/C17H19NO8/c1-17(22)8-11(19)13(15(20)25-2)12(14(17)16(21)26-3)9-4-6-10(7-5-9)18(23)24/h4-7,12-14,22H,8H2,1-3H3/t12-,13-,14+,17+/m0/s1. The molecule has 4 atom stereocenters. The first-order valence-corrected chi connectivity index (χ1v) is 7.79. The van der Waals surface area contributed by atoms with Gasteiger partial charge < -0.3 is 14.6 Å². The van der Waals surface area contributed by atoms with Crippen molar-refractivity contribution in [3.8, 4) is 0 Å². The van der Waals surface area contributed by atoms with E-state index in [1.165, 1.54) is 31.2 Å². The third-order valence-corrected chi connectivity index (χ3v) is 4.67. The maximum absolute atomic E-state index is 12.5. The molecule has 9 nitrogen and oxygen atoms in total. The van der Waals surface area contributed by atoms with E-state index in [0.717, 1.165) is 14.2 Å². The summed E-state index contributed by atoms with van der Waals surface area (Å²) in [6, 6.07) is 5.10. The van der Waals surface area contributed by atoms with Gasteiger partial charge in [-0.2, -0.15) is 0 Å². The van der Waals surface area contributed by atoms with Crippen molar-refractivity contribution in [3.63, 3.8) is 0 Å². The molecule has 9 heteroatoms. The zero-order chi connectivity index (χ0) is 19.6. The first kappa shape index (κ1) is 19.5. The number of ether oxygens (including phenoxy) is 2. The van der Waals surface area contributed by atoms with E-state index in [1.807, 2.05) is 0 Å². The van der Waals surface area contributed by atoms with Crippen LogP contribution in [-0.2, 0) is 23.9 Å². The van der Waals surface area contributed by atoms with Crippen molar-refractivity contribution in [2.45, 2.75) is 24.9 Å². The van der Waals surface area contributed by atoms with E-state index < -0.39 is 52.4 Å². The van der Waals surface area contributed by atoms with Gasteiger partial charge in [0, 0.05) is 24.5 Å². The van der Waals surface area contributed by atoms with E-state index in [0.29, 0.717) is 5.56 Å². The predicted molar refractivity (Wildman–Crippen MR) is 87.1 cm³/mol. The SMILES string of the molecule is COC(=O)[C@H]1C(=O)C[C@@](C)(O)[C@@H](C(=O)OC)[C@H]1c1ccc([N+](=O)[O-])cc1. The summed E-state index contributed by atoms with van der Waals surface area (Å²) in [5, 5.41) is 21.5. The third-order valence-electron chi connectivity index (χ3n) is 4.67. The van der Waals surface area contributed by atoms with Gasteiger partial charge in [0.1, 0.15) is 5.92 Å². The molecule has 0 amide bonds. The lowest BCUT2D eigenvalue weighted by Crippen LogP contribution is -2.55. The van der Waals surface area contributed by atoms with Gasteiger partial charge in [0.05, 0.1) is 30.7 Å². The molecule has 1 aliphatic carbocycles. The minimum atomic E-state index is -1.75. The lowest BCUT2D eigenvalue weighted by molar-refractivity contribution is -0.384. The quantitative estimate of drug-likeness (QED) is 0.361. The first-order valence-electron chi connectivity index (χ1n) is 7.79. The van der Waals surface area contributed by atoms with Gasteiger partial charge in [-0.15, -0.1) is 0 Å². The smallest absolute Gasteiger partial charge is 0.316 e. The maximum atomic E-state index is 12.5. The van der Waals surface area contributed by atoms with Gasteiger partial charge in [-0.3, -0.25) is 24.5 Å². The molecule has 140 valence electrons. The monoisotopic (exact) mass is 365 g/mol. The number of non-ortho nitro benzene ring substituents is 1. The first-order chi connectivity index (χ1) is 12.1.